The van der Waals surface area contributed by atoms with Crippen molar-refractivity contribution in [3.63, 3.8) is 0 Å². The van der Waals surface area contributed by atoms with E-state index in [9.17, 15) is 9.32 Å². The highest BCUT2D eigenvalue weighted by atomic mass is 19.3. The van der Waals surface area contributed by atoms with Gasteiger partial charge in [0, 0.05) is 5.69 Å². The quantitative estimate of drug-likeness (QED) is 0.745. The number of para-hydroxylation sites is 1. The van der Waals surface area contributed by atoms with Gasteiger partial charge in [-0.15, -0.1) is 0 Å². The molecule has 1 aromatic carbocycles. The number of nitrogens with one attached hydrogen (secondary N) is 1. The normalized spacial score (nSPS) is 9.42. The fourth-order valence-corrected chi connectivity index (χ4v) is 0.768. The zero-order valence-electron chi connectivity index (χ0n) is 6.29. The third kappa shape index (κ3) is 2.67. The van der Waals surface area contributed by atoms with Crippen molar-refractivity contribution in [2.45, 2.75) is 0 Å². The Hall–Kier alpha value is -1.42. The van der Waals surface area contributed by atoms with E-state index < -0.39 is 12.5 Å². The number of halogens is 1. The molecular formula is C8H8FNO2. The van der Waals surface area contributed by atoms with Crippen LogP contribution in [0.1, 0.15) is 0 Å². The molecule has 1 rings (SSSR count). The van der Waals surface area contributed by atoms with Crippen LogP contribution in [0.4, 0.5) is 10.2 Å². The molecule has 0 bridgehead atoms. The lowest BCUT2D eigenvalue weighted by molar-refractivity contribution is -0.152. The number of anilines is 1. The number of carbonyl (C=O) groups is 1. The molecule has 64 valence electrons. The maximum atomic E-state index is 11.2. The van der Waals surface area contributed by atoms with Crippen molar-refractivity contribution in [3.05, 3.63) is 30.3 Å². The maximum Gasteiger partial charge on any atom is 0.254 e. The van der Waals surface area contributed by atoms with Crippen molar-refractivity contribution in [1.29, 1.82) is 0 Å². The van der Waals surface area contributed by atoms with Crippen LogP contribution in [0, 0.1) is 0 Å². The second-order valence-corrected chi connectivity index (χ2v) is 2.17. The molecule has 0 radical (unpaired) electrons. The summed E-state index contributed by atoms with van der Waals surface area (Å²) >= 11 is 0. The van der Waals surface area contributed by atoms with Crippen molar-refractivity contribution >= 4 is 11.6 Å². The number of carbonyl (C=O) groups excluding carboxylic acids is 1. The van der Waals surface area contributed by atoms with E-state index >= 15 is 0 Å². The van der Waals surface area contributed by atoms with Crippen molar-refractivity contribution in [3.8, 4) is 0 Å². The van der Waals surface area contributed by atoms with Crippen LogP contribution < -0.4 is 5.32 Å². The SMILES string of the molecule is O=C(COF)Nc1ccccc1. The third-order valence-electron chi connectivity index (χ3n) is 1.24. The van der Waals surface area contributed by atoms with E-state index in [0.717, 1.165) is 0 Å². The highest BCUT2D eigenvalue weighted by Gasteiger charge is 2.00. The van der Waals surface area contributed by atoms with Crippen LogP contribution >= 0.6 is 0 Å². The Morgan fingerprint density at radius 1 is 1.42 bits per heavy atom. The molecule has 0 heterocycles. The predicted octanol–water partition coefficient (Wildman–Crippen LogP) is 1.53. The Morgan fingerprint density at radius 3 is 2.67 bits per heavy atom. The standard InChI is InChI=1S/C8H8FNO2/c9-12-6-8(11)10-7-4-2-1-3-5-7/h1-5H,6H2,(H,10,11). The highest BCUT2D eigenvalue weighted by Crippen LogP contribution is 2.04. The first kappa shape index (κ1) is 8.67. The van der Waals surface area contributed by atoms with Crippen LogP contribution in [0.25, 0.3) is 0 Å². The molecule has 0 saturated carbocycles. The molecule has 0 fully saturated rings. The largest absolute Gasteiger partial charge is 0.324 e. The van der Waals surface area contributed by atoms with E-state index in [1.165, 1.54) is 0 Å². The minimum Gasteiger partial charge on any atom is -0.324 e. The van der Waals surface area contributed by atoms with E-state index in [0.29, 0.717) is 5.69 Å². The number of hydrogen-bond acceptors (Lipinski definition) is 2. The predicted molar refractivity (Wildman–Crippen MR) is 42.1 cm³/mol. The second-order valence-electron chi connectivity index (χ2n) is 2.17. The van der Waals surface area contributed by atoms with Crippen LogP contribution in [-0.4, -0.2) is 12.5 Å². The summed E-state index contributed by atoms with van der Waals surface area (Å²) in [5.74, 6) is -0.510. The number of amides is 1. The molecule has 12 heavy (non-hydrogen) atoms. The first-order chi connectivity index (χ1) is 5.83. The van der Waals surface area contributed by atoms with Crippen molar-refractivity contribution in [2.24, 2.45) is 0 Å². The summed E-state index contributed by atoms with van der Waals surface area (Å²) in [6.07, 6.45) is 0. The average molecular weight is 169 g/mol. The van der Waals surface area contributed by atoms with Gasteiger partial charge < -0.3 is 5.32 Å². The van der Waals surface area contributed by atoms with Crippen LogP contribution in [0.3, 0.4) is 0 Å². The second kappa shape index (κ2) is 4.46. The van der Waals surface area contributed by atoms with Gasteiger partial charge >= 0.3 is 0 Å². The van der Waals surface area contributed by atoms with E-state index in [2.05, 4.69) is 10.3 Å². The Bertz CT molecular complexity index is 250. The zero-order valence-corrected chi connectivity index (χ0v) is 6.29. The first-order valence-electron chi connectivity index (χ1n) is 3.41. The van der Waals surface area contributed by atoms with Crippen molar-refractivity contribution in [1.82, 2.24) is 0 Å². The average Bonchev–Trinajstić information content (AvgIpc) is 2.06. The van der Waals surface area contributed by atoms with E-state index in [4.69, 9.17) is 0 Å². The van der Waals surface area contributed by atoms with Crippen LogP contribution in [0.2, 0.25) is 0 Å². The summed E-state index contributed by atoms with van der Waals surface area (Å²) in [6, 6.07) is 8.77. The molecule has 1 aromatic rings. The van der Waals surface area contributed by atoms with Gasteiger partial charge in [0.15, 0.2) is 6.61 Å². The van der Waals surface area contributed by atoms with E-state index in [1.807, 2.05) is 6.07 Å². The summed E-state index contributed by atoms with van der Waals surface area (Å²) < 4.78 is 11.2. The molecule has 0 aliphatic rings. The van der Waals surface area contributed by atoms with Crippen LogP contribution in [0.5, 0.6) is 0 Å². The van der Waals surface area contributed by atoms with Gasteiger partial charge in [-0.1, -0.05) is 18.2 Å². The van der Waals surface area contributed by atoms with Crippen LogP contribution in [0.15, 0.2) is 30.3 Å². The van der Waals surface area contributed by atoms with Gasteiger partial charge in [-0.25, -0.2) is 0 Å². The molecule has 0 spiro atoms. The molecular weight excluding hydrogens is 161 g/mol. The van der Waals surface area contributed by atoms with Crippen molar-refractivity contribution in [2.75, 3.05) is 11.9 Å². The van der Waals surface area contributed by atoms with Gasteiger partial charge in [0.1, 0.15) is 0 Å². The molecule has 0 aliphatic carbocycles. The lowest BCUT2D eigenvalue weighted by Gasteiger charge is -2.01. The molecule has 1 N–H and O–H groups in total. The summed E-state index contributed by atoms with van der Waals surface area (Å²) in [5.41, 5.74) is 0.625. The molecule has 0 saturated heterocycles. The van der Waals surface area contributed by atoms with Crippen molar-refractivity contribution < 1.29 is 14.3 Å². The lowest BCUT2D eigenvalue weighted by atomic mass is 10.3. The molecule has 1 amide bonds. The van der Waals surface area contributed by atoms with Gasteiger partial charge in [-0.05, 0) is 16.7 Å². The van der Waals surface area contributed by atoms with Crippen LogP contribution in [-0.2, 0) is 9.74 Å². The minimum atomic E-state index is -0.575. The Morgan fingerprint density at radius 2 is 2.08 bits per heavy atom. The monoisotopic (exact) mass is 169 g/mol. The molecule has 0 unspecified atom stereocenters. The molecule has 0 aliphatic heterocycles. The fourth-order valence-electron chi connectivity index (χ4n) is 0.768. The lowest BCUT2D eigenvalue weighted by Crippen LogP contribution is -2.15. The number of benzene rings is 1. The van der Waals surface area contributed by atoms with Gasteiger partial charge in [-0.2, -0.15) is 4.94 Å². The molecule has 3 nitrogen and oxygen atoms in total. The van der Waals surface area contributed by atoms with Gasteiger partial charge in [0.25, 0.3) is 5.91 Å². The Kier molecular flexibility index (Phi) is 3.22. The van der Waals surface area contributed by atoms with Gasteiger partial charge in [-0.3, -0.25) is 4.79 Å². The summed E-state index contributed by atoms with van der Waals surface area (Å²) in [7, 11) is 0. The number of rotatable bonds is 3. The molecule has 0 atom stereocenters. The molecule has 0 aromatic heterocycles. The minimum absolute atomic E-state index is 0.510. The summed E-state index contributed by atoms with van der Waals surface area (Å²) in [5, 5.41) is 2.44. The van der Waals surface area contributed by atoms with Gasteiger partial charge in [0.2, 0.25) is 0 Å². The first-order valence-corrected chi connectivity index (χ1v) is 3.41. The molecule has 4 heteroatoms. The highest BCUT2D eigenvalue weighted by molar-refractivity contribution is 5.91. The Balaban J connectivity index is 2.47. The van der Waals surface area contributed by atoms with Gasteiger partial charge in [0.05, 0.1) is 0 Å². The maximum absolute atomic E-state index is 11.2. The third-order valence-corrected chi connectivity index (χ3v) is 1.24. The zero-order chi connectivity index (χ0) is 8.81. The fraction of sp³-hybridized carbons (Fsp3) is 0.125. The number of hydrogen-bond donors (Lipinski definition) is 1. The Labute approximate surface area is 69.1 Å². The topological polar surface area (TPSA) is 38.3 Å². The summed E-state index contributed by atoms with van der Waals surface area (Å²) in [6.45, 7) is -0.575. The summed E-state index contributed by atoms with van der Waals surface area (Å²) in [4.78, 5) is 13.9. The van der Waals surface area contributed by atoms with E-state index in [1.54, 1.807) is 24.3 Å². The smallest absolute Gasteiger partial charge is 0.254 e. The van der Waals surface area contributed by atoms with E-state index in [-0.39, 0.29) is 0 Å².